The summed E-state index contributed by atoms with van der Waals surface area (Å²) in [7, 11) is 0. The molecule has 0 heterocycles. The van der Waals surface area contributed by atoms with Crippen LogP contribution in [-0.4, -0.2) is 37.2 Å². The summed E-state index contributed by atoms with van der Waals surface area (Å²) in [6.07, 6.45) is 100. The topological polar surface area (TPSA) is 78.9 Å². The molecule has 6 nitrogen and oxygen atoms in total. The van der Waals surface area contributed by atoms with Crippen molar-refractivity contribution < 1.29 is 28.6 Å². The number of carbonyl (C=O) groups is 3. The van der Waals surface area contributed by atoms with Gasteiger partial charge in [-0.15, -0.1) is 0 Å². The Morgan fingerprint density at radius 1 is 0.253 bits per heavy atom. The summed E-state index contributed by atoms with van der Waals surface area (Å²) >= 11 is 0. The zero-order chi connectivity index (χ0) is 59.9. The van der Waals surface area contributed by atoms with Crippen molar-refractivity contribution in [3.8, 4) is 0 Å². The van der Waals surface area contributed by atoms with Crippen LogP contribution < -0.4 is 0 Å². The van der Waals surface area contributed by atoms with Gasteiger partial charge in [-0.25, -0.2) is 0 Å². The van der Waals surface area contributed by atoms with E-state index in [9.17, 15) is 14.4 Å². The van der Waals surface area contributed by atoms with Crippen LogP contribution in [0.5, 0.6) is 0 Å². The van der Waals surface area contributed by atoms with Crippen LogP contribution in [0.25, 0.3) is 0 Å². The molecular formula is C77H126O6. The van der Waals surface area contributed by atoms with E-state index in [1.54, 1.807) is 0 Å². The molecule has 0 aliphatic carbocycles. The minimum absolute atomic E-state index is 0.0937. The van der Waals surface area contributed by atoms with E-state index in [2.05, 4.69) is 167 Å². The van der Waals surface area contributed by atoms with E-state index in [-0.39, 0.29) is 31.1 Å². The highest BCUT2D eigenvalue weighted by Gasteiger charge is 2.19. The number of rotatable bonds is 61. The van der Waals surface area contributed by atoms with Gasteiger partial charge in [0.15, 0.2) is 6.10 Å². The van der Waals surface area contributed by atoms with Crippen molar-refractivity contribution in [1.29, 1.82) is 0 Å². The molecule has 0 N–H and O–H groups in total. The Bertz CT molecular complexity index is 1800. The van der Waals surface area contributed by atoms with Crippen molar-refractivity contribution in [3.63, 3.8) is 0 Å². The normalized spacial score (nSPS) is 13.0. The van der Waals surface area contributed by atoms with Crippen molar-refractivity contribution in [2.45, 2.75) is 309 Å². The molecule has 0 aliphatic rings. The van der Waals surface area contributed by atoms with E-state index >= 15 is 0 Å². The zero-order valence-electron chi connectivity index (χ0n) is 53.9. The Morgan fingerprint density at radius 2 is 0.482 bits per heavy atom. The molecule has 0 rings (SSSR count). The van der Waals surface area contributed by atoms with E-state index in [1.165, 1.54) is 109 Å². The molecule has 1 atom stereocenters. The number of unbranched alkanes of at least 4 members (excludes halogenated alkanes) is 26. The fraction of sp³-hybridized carbons (Fsp3) is 0.649. The summed E-state index contributed by atoms with van der Waals surface area (Å²) in [4.78, 5) is 38.3. The monoisotopic (exact) mass is 1150 g/mol. The van der Waals surface area contributed by atoms with Crippen molar-refractivity contribution in [3.05, 3.63) is 146 Å². The molecule has 83 heavy (non-hydrogen) atoms. The first-order chi connectivity index (χ1) is 41.0. The lowest BCUT2D eigenvalue weighted by atomic mass is 10.1. The van der Waals surface area contributed by atoms with E-state index < -0.39 is 6.10 Å². The van der Waals surface area contributed by atoms with Crippen LogP contribution in [0.3, 0.4) is 0 Å². The van der Waals surface area contributed by atoms with Crippen LogP contribution in [0, 0.1) is 0 Å². The molecule has 0 saturated carbocycles. The van der Waals surface area contributed by atoms with E-state index in [4.69, 9.17) is 14.2 Å². The quantitative estimate of drug-likeness (QED) is 0.0261. The summed E-state index contributed by atoms with van der Waals surface area (Å²) in [6.45, 7) is 6.46. The number of hydrogen-bond acceptors (Lipinski definition) is 6. The van der Waals surface area contributed by atoms with Crippen molar-refractivity contribution in [2.75, 3.05) is 13.2 Å². The largest absolute Gasteiger partial charge is 0.462 e. The van der Waals surface area contributed by atoms with Gasteiger partial charge in [0.2, 0.25) is 0 Å². The van der Waals surface area contributed by atoms with Crippen LogP contribution >= 0.6 is 0 Å². The van der Waals surface area contributed by atoms with E-state index in [1.807, 2.05) is 0 Å². The maximum atomic E-state index is 12.9. The second-order valence-corrected chi connectivity index (χ2v) is 22.3. The lowest BCUT2D eigenvalue weighted by Gasteiger charge is -2.18. The Balaban J connectivity index is 4.32. The molecule has 6 heteroatoms. The molecule has 0 aliphatic heterocycles. The summed E-state index contributed by atoms with van der Waals surface area (Å²) in [5, 5.41) is 0. The van der Waals surface area contributed by atoms with Gasteiger partial charge >= 0.3 is 17.9 Å². The minimum atomic E-state index is -0.798. The highest BCUT2D eigenvalue weighted by molar-refractivity contribution is 5.71. The molecule has 0 fully saturated rings. The van der Waals surface area contributed by atoms with Gasteiger partial charge in [-0.05, 0) is 141 Å². The van der Waals surface area contributed by atoms with Gasteiger partial charge in [0.1, 0.15) is 13.2 Å². The number of hydrogen-bond donors (Lipinski definition) is 0. The first-order valence-electron chi connectivity index (χ1n) is 34.3. The SMILES string of the molecule is CC/C=C\C/C=C\C/C=C\C/C=C\C/C=C\C/C=C\C/C=C\C/C=C\C/C=C\CCCCCCCC(=O)OCC(COC(=O)CCCCCCC/C=C\CCCC)OC(=O)CCCCCCCCCCC/C=C\C/C=C\CCCCCCC. The van der Waals surface area contributed by atoms with Crippen LogP contribution in [0.4, 0.5) is 0 Å². The fourth-order valence-electron chi connectivity index (χ4n) is 9.15. The standard InChI is InChI=1S/C77H126O6/c1-4-7-10-13-16-19-22-24-26-28-30-32-33-34-35-36-37-38-39-40-41-42-43-45-46-48-50-52-55-58-61-64-67-70-76(79)82-73-74(72-81-75(78)69-66-63-60-57-54-21-18-15-12-9-6-3)83-77(80)71-68-65-62-59-56-53-51-49-47-44-31-29-27-25-23-20-17-14-11-8-5-2/h7,10,15-16,18-19,23-26,29-32,34-35,37-38,40-41,43,45,48,50,74H,4-6,8-9,11-14,17,20-22,27-28,33,36,39,42,44,46-47,49,51-73H2,1-3H3/b10-7-,18-15-,19-16-,25-23-,26-24-,31-29-,32-30-,35-34-,38-37-,41-40-,45-43-,50-48-. The molecule has 1 unspecified atom stereocenters. The smallest absolute Gasteiger partial charge is 0.306 e. The first kappa shape index (κ1) is 78.3. The van der Waals surface area contributed by atoms with Gasteiger partial charge in [-0.3, -0.25) is 14.4 Å². The van der Waals surface area contributed by atoms with Gasteiger partial charge in [0.05, 0.1) is 0 Å². The van der Waals surface area contributed by atoms with Crippen molar-refractivity contribution in [2.24, 2.45) is 0 Å². The van der Waals surface area contributed by atoms with Crippen LogP contribution in [0.1, 0.15) is 303 Å². The molecule has 0 radical (unpaired) electrons. The van der Waals surface area contributed by atoms with Gasteiger partial charge < -0.3 is 14.2 Å². The molecule has 0 aromatic carbocycles. The molecular weight excluding hydrogens is 1020 g/mol. The number of esters is 3. The molecule has 0 amide bonds. The molecule has 0 aromatic heterocycles. The second-order valence-electron chi connectivity index (χ2n) is 22.3. The molecule has 0 aromatic rings. The van der Waals surface area contributed by atoms with Crippen molar-refractivity contribution >= 4 is 17.9 Å². The molecule has 0 bridgehead atoms. The van der Waals surface area contributed by atoms with E-state index in [0.717, 1.165) is 154 Å². The van der Waals surface area contributed by atoms with Crippen molar-refractivity contribution in [1.82, 2.24) is 0 Å². The van der Waals surface area contributed by atoms with Gasteiger partial charge in [0.25, 0.3) is 0 Å². The fourth-order valence-corrected chi connectivity index (χ4v) is 9.15. The maximum absolute atomic E-state index is 12.9. The third-order valence-electron chi connectivity index (χ3n) is 14.3. The maximum Gasteiger partial charge on any atom is 0.306 e. The third-order valence-corrected chi connectivity index (χ3v) is 14.3. The highest BCUT2D eigenvalue weighted by Crippen LogP contribution is 2.15. The van der Waals surface area contributed by atoms with E-state index in [0.29, 0.717) is 19.3 Å². The number of allylic oxidation sites excluding steroid dienone is 24. The predicted octanol–water partition coefficient (Wildman–Crippen LogP) is 23.9. The zero-order valence-corrected chi connectivity index (χ0v) is 53.9. The Hall–Kier alpha value is -4.71. The minimum Gasteiger partial charge on any atom is -0.462 e. The van der Waals surface area contributed by atoms with Gasteiger partial charge in [-0.1, -0.05) is 289 Å². The van der Waals surface area contributed by atoms with Gasteiger partial charge in [-0.2, -0.15) is 0 Å². The first-order valence-corrected chi connectivity index (χ1v) is 34.3. The molecule has 0 spiro atoms. The Morgan fingerprint density at radius 3 is 0.783 bits per heavy atom. The summed E-state index contributed by atoms with van der Waals surface area (Å²) in [5.74, 6) is -0.924. The average molecular weight is 1150 g/mol. The lowest BCUT2D eigenvalue weighted by Crippen LogP contribution is -2.30. The summed E-state index contributed by atoms with van der Waals surface area (Å²) < 4.78 is 16.9. The number of carbonyl (C=O) groups excluding carboxylic acids is 3. The second kappa shape index (κ2) is 69.8. The predicted molar refractivity (Wildman–Crippen MR) is 362 cm³/mol. The molecule has 0 saturated heterocycles. The number of ether oxygens (including phenoxy) is 3. The Labute approximate surface area is 512 Å². The average Bonchev–Trinajstić information content (AvgIpc) is 3.48. The van der Waals surface area contributed by atoms with Crippen LogP contribution in [-0.2, 0) is 28.6 Å². The Kier molecular flexibility index (Phi) is 65.8. The lowest BCUT2D eigenvalue weighted by molar-refractivity contribution is -0.167. The van der Waals surface area contributed by atoms with Crippen LogP contribution in [0.15, 0.2) is 146 Å². The molecule has 470 valence electrons. The third kappa shape index (κ3) is 68.0. The summed E-state index contributed by atoms with van der Waals surface area (Å²) in [5.41, 5.74) is 0. The van der Waals surface area contributed by atoms with Crippen LogP contribution in [0.2, 0.25) is 0 Å². The summed E-state index contributed by atoms with van der Waals surface area (Å²) in [6, 6.07) is 0. The highest BCUT2D eigenvalue weighted by atomic mass is 16.6. The van der Waals surface area contributed by atoms with Gasteiger partial charge in [0, 0.05) is 19.3 Å².